The zero-order valence-corrected chi connectivity index (χ0v) is 18.9. The molecular formula is C21H22F3N5O4S. The van der Waals surface area contributed by atoms with Crippen LogP contribution < -0.4 is 15.4 Å². The number of hydrogen-bond acceptors (Lipinski definition) is 7. The number of benzene rings is 1. The maximum atomic E-state index is 13.0. The van der Waals surface area contributed by atoms with E-state index in [9.17, 15) is 22.8 Å². The second-order valence-electron chi connectivity index (χ2n) is 7.91. The molecule has 2 unspecified atom stereocenters. The van der Waals surface area contributed by atoms with Gasteiger partial charge in [0.15, 0.2) is 0 Å². The summed E-state index contributed by atoms with van der Waals surface area (Å²) < 4.78 is 49.8. The van der Waals surface area contributed by atoms with E-state index >= 15 is 0 Å². The number of urea groups is 1. The molecule has 1 aromatic heterocycles. The second kappa shape index (κ2) is 9.57. The zero-order valence-electron chi connectivity index (χ0n) is 18.1. The molecule has 2 atom stereocenters. The fraction of sp³-hybridized carbons (Fsp3) is 0.429. The maximum absolute atomic E-state index is 13.0. The monoisotopic (exact) mass is 497 g/mol. The van der Waals surface area contributed by atoms with Crippen molar-refractivity contribution in [3.8, 4) is 5.88 Å². The molecule has 3 amide bonds. The van der Waals surface area contributed by atoms with Crippen molar-refractivity contribution in [2.45, 2.75) is 36.0 Å². The molecule has 1 fully saturated rings. The highest BCUT2D eigenvalue weighted by molar-refractivity contribution is 8.00. The second-order valence-corrected chi connectivity index (χ2v) is 8.94. The lowest BCUT2D eigenvalue weighted by atomic mass is 9.91. The highest BCUT2D eigenvalue weighted by atomic mass is 32.2. The third-order valence-electron chi connectivity index (χ3n) is 5.61. The normalized spacial score (nSPS) is 20.1. The van der Waals surface area contributed by atoms with Gasteiger partial charge in [0, 0.05) is 13.1 Å². The van der Waals surface area contributed by atoms with E-state index < -0.39 is 29.4 Å². The molecule has 1 aromatic carbocycles. The third-order valence-corrected chi connectivity index (χ3v) is 6.64. The molecule has 4 rings (SSSR count). The third kappa shape index (κ3) is 4.98. The Bertz CT molecular complexity index is 1090. The number of aromatic nitrogens is 2. The number of anilines is 1. The summed E-state index contributed by atoms with van der Waals surface area (Å²) in [6.07, 6.45) is -1.96. The topological polar surface area (TPSA) is 111 Å². The summed E-state index contributed by atoms with van der Waals surface area (Å²) in [4.78, 5) is 35.6. The molecule has 0 saturated carbocycles. The first kappa shape index (κ1) is 23.9. The summed E-state index contributed by atoms with van der Waals surface area (Å²) in [5, 5.41) is 0.379. The minimum Gasteiger partial charge on any atom is -0.479 e. The summed E-state index contributed by atoms with van der Waals surface area (Å²) in [5.41, 5.74) is 4.51. The molecule has 34 heavy (non-hydrogen) atoms. The molecule has 2 aliphatic heterocycles. The smallest absolute Gasteiger partial charge is 0.416 e. The van der Waals surface area contributed by atoms with Crippen molar-refractivity contribution in [1.82, 2.24) is 14.9 Å². The van der Waals surface area contributed by atoms with Gasteiger partial charge in [-0.25, -0.2) is 19.5 Å². The molecule has 0 bridgehead atoms. The van der Waals surface area contributed by atoms with E-state index in [-0.39, 0.29) is 17.5 Å². The number of halogens is 3. The molecule has 1 saturated heterocycles. The van der Waals surface area contributed by atoms with Crippen LogP contribution in [-0.4, -0.2) is 52.8 Å². The highest BCUT2D eigenvalue weighted by Gasteiger charge is 2.41. The van der Waals surface area contributed by atoms with Crippen LogP contribution in [-0.2, 0) is 17.3 Å². The number of nitrogens with zero attached hydrogens (tertiary/aromatic N) is 4. The van der Waals surface area contributed by atoms with Gasteiger partial charge in [-0.15, -0.1) is 0 Å². The number of piperidine rings is 1. The Morgan fingerprint density at radius 3 is 2.79 bits per heavy atom. The van der Waals surface area contributed by atoms with E-state index in [1.165, 1.54) is 24.4 Å². The van der Waals surface area contributed by atoms with Gasteiger partial charge in [0.25, 0.3) is 0 Å². The van der Waals surface area contributed by atoms with Crippen LogP contribution in [0.4, 0.5) is 28.4 Å². The lowest BCUT2D eigenvalue weighted by Crippen LogP contribution is -2.46. The van der Waals surface area contributed by atoms with E-state index in [2.05, 4.69) is 9.97 Å². The molecule has 0 aliphatic carbocycles. The fourth-order valence-corrected chi connectivity index (χ4v) is 5.14. The van der Waals surface area contributed by atoms with Gasteiger partial charge in [0.1, 0.15) is 17.0 Å². The van der Waals surface area contributed by atoms with Crippen molar-refractivity contribution >= 4 is 29.6 Å². The summed E-state index contributed by atoms with van der Waals surface area (Å²) >= 11 is 1.02. The van der Waals surface area contributed by atoms with Crippen molar-refractivity contribution in [2.75, 3.05) is 25.1 Å². The van der Waals surface area contributed by atoms with E-state index in [1.54, 1.807) is 6.07 Å². The van der Waals surface area contributed by atoms with E-state index in [0.29, 0.717) is 36.5 Å². The van der Waals surface area contributed by atoms with E-state index in [4.69, 9.17) is 15.2 Å². The number of fused-ring (bicyclic) bond motifs is 1. The molecule has 13 heteroatoms. The SMILES string of the molecule is COc1ncnc2c1N(C(N)=O)C(OC(=O)N1CCCC(Cc3cccc(C(F)(F)F)c3)C1)S2. The molecule has 2 N–H and O–H groups in total. The number of methoxy groups -OCH3 is 1. The van der Waals surface area contributed by atoms with Crippen LogP contribution in [0.3, 0.4) is 0 Å². The van der Waals surface area contributed by atoms with Gasteiger partial charge in [-0.1, -0.05) is 18.2 Å². The molecular weight excluding hydrogens is 475 g/mol. The standard InChI is InChI=1S/C21H22F3N5O4S/c1-32-16-15-17(27-11-26-16)34-20(29(15)18(25)30)33-19(31)28-7-3-5-13(10-28)8-12-4-2-6-14(9-12)21(22,23)24/h2,4,6,9,11,13,20H,3,5,7-8,10H2,1H3,(H2,25,30). The Kier molecular flexibility index (Phi) is 6.73. The summed E-state index contributed by atoms with van der Waals surface area (Å²) in [7, 11) is 1.38. The summed E-state index contributed by atoms with van der Waals surface area (Å²) in [6, 6.07) is 4.35. The maximum Gasteiger partial charge on any atom is 0.416 e. The molecule has 2 aliphatic rings. The number of amides is 3. The highest BCUT2D eigenvalue weighted by Crippen LogP contribution is 2.46. The van der Waals surface area contributed by atoms with Crippen molar-refractivity contribution in [2.24, 2.45) is 11.7 Å². The number of thioether (sulfide) groups is 1. The van der Waals surface area contributed by atoms with Gasteiger partial charge in [-0.05, 0) is 48.6 Å². The van der Waals surface area contributed by atoms with Crippen molar-refractivity contribution in [1.29, 1.82) is 0 Å². The number of primary amides is 1. The van der Waals surface area contributed by atoms with Crippen molar-refractivity contribution in [3.63, 3.8) is 0 Å². The van der Waals surface area contributed by atoms with Crippen molar-refractivity contribution < 1.29 is 32.2 Å². The lowest BCUT2D eigenvalue weighted by Gasteiger charge is -2.33. The van der Waals surface area contributed by atoms with Gasteiger partial charge < -0.3 is 20.1 Å². The Morgan fingerprint density at radius 1 is 1.29 bits per heavy atom. The van der Waals surface area contributed by atoms with Crippen LogP contribution in [0.25, 0.3) is 0 Å². The van der Waals surface area contributed by atoms with Crippen molar-refractivity contribution in [3.05, 3.63) is 41.7 Å². The first-order chi connectivity index (χ1) is 16.2. The quantitative estimate of drug-likeness (QED) is 0.639. The lowest BCUT2D eigenvalue weighted by molar-refractivity contribution is -0.137. The molecule has 2 aromatic rings. The predicted octanol–water partition coefficient (Wildman–Crippen LogP) is 3.87. The summed E-state index contributed by atoms with van der Waals surface area (Å²) in [6.45, 7) is 0.751. The van der Waals surface area contributed by atoms with Crippen LogP contribution in [0.5, 0.6) is 5.88 Å². The van der Waals surface area contributed by atoms with Crippen LogP contribution in [0.15, 0.2) is 35.6 Å². The number of carbonyl (C=O) groups is 2. The number of carbonyl (C=O) groups excluding carboxylic acids is 2. The average molecular weight is 497 g/mol. The molecule has 182 valence electrons. The molecule has 9 nitrogen and oxygen atoms in total. The fourth-order valence-electron chi connectivity index (χ4n) is 4.10. The van der Waals surface area contributed by atoms with Crippen LogP contribution in [0.1, 0.15) is 24.0 Å². The van der Waals surface area contributed by atoms with Gasteiger partial charge in [0.2, 0.25) is 11.4 Å². The first-order valence-corrected chi connectivity index (χ1v) is 11.3. The number of likely N-dealkylation sites (tertiary alicyclic amines) is 1. The van der Waals surface area contributed by atoms with E-state index in [0.717, 1.165) is 35.2 Å². The Balaban J connectivity index is 1.42. The number of alkyl halides is 3. The number of rotatable bonds is 4. The number of nitrogens with two attached hydrogens (primary N) is 1. The van der Waals surface area contributed by atoms with Crippen LogP contribution in [0.2, 0.25) is 0 Å². The number of hydrogen-bond donors (Lipinski definition) is 1. The largest absolute Gasteiger partial charge is 0.479 e. The predicted molar refractivity (Wildman–Crippen MR) is 116 cm³/mol. The van der Waals surface area contributed by atoms with E-state index in [1.807, 2.05) is 0 Å². The Hall–Kier alpha value is -3.22. The Morgan fingerprint density at radius 2 is 2.09 bits per heavy atom. The van der Waals surface area contributed by atoms with Gasteiger partial charge >= 0.3 is 18.3 Å². The minimum atomic E-state index is -4.41. The number of ether oxygens (including phenoxy) is 2. The van der Waals surface area contributed by atoms with Crippen LogP contribution in [0, 0.1) is 5.92 Å². The van der Waals surface area contributed by atoms with Gasteiger partial charge in [-0.2, -0.15) is 18.2 Å². The summed E-state index contributed by atoms with van der Waals surface area (Å²) in [5.74, 6) is 0.0883. The molecule has 0 radical (unpaired) electrons. The molecule has 3 heterocycles. The zero-order chi connectivity index (χ0) is 24.5. The Labute approximate surface area is 197 Å². The first-order valence-electron chi connectivity index (χ1n) is 10.4. The minimum absolute atomic E-state index is 0.0311. The van der Waals surface area contributed by atoms with Gasteiger partial charge in [0.05, 0.1) is 12.7 Å². The molecule has 0 spiro atoms. The van der Waals surface area contributed by atoms with Crippen LogP contribution >= 0.6 is 11.8 Å². The average Bonchev–Trinajstić information content (AvgIpc) is 3.17. The van der Waals surface area contributed by atoms with Gasteiger partial charge in [-0.3, -0.25) is 0 Å².